The third-order valence-electron chi connectivity index (χ3n) is 3.61. The summed E-state index contributed by atoms with van der Waals surface area (Å²) in [4.78, 5) is 0.113. The Bertz CT molecular complexity index is 586. The van der Waals surface area contributed by atoms with E-state index in [1.54, 1.807) is 25.2 Å². The molecule has 118 valence electrons. The molecule has 1 saturated heterocycles. The van der Waals surface area contributed by atoms with Crippen LogP contribution in [0.5, 0.6) is 0 Å². The highest BCUT2D eigenvalue weighted by molar-refractivity contribution is 7.89. The van der Waals surface area contributed by atoms with Gasteiger partial charge in [-0.1, -0.05) is 17.7 Å². The molecule has 0 spiro atoms. The Kier molecular flexibility index (Phi) is 5.91. The van der Waals surface area contributed by atoms with Crippen LogP contribution < -0.4 is 0 Å². The first kappa shape index (κ1) is 17.0. The van der Waals surface area contributed by atoms with Crippen LogP contribution in [0.1, 0.15) is 18.4 Å². The lowest BCUT2D eigenvalue weighted by Gasteiger charge is -2.27. The second-order valence-corrected chi connectivity index (χ2v) is 7.95. The molecule has 0 aliphatic carbocycles. The van der Waals surface area contributed by atoms with Crippen LogP contribution in [-0.4, -0.2) is 39.5 Å². The van der Waals surface area contributed by atoms with Gasteiger partial charge in [-0.15, -0.1) is 11.6 Å². The van der Waals surface area contributed by atoms with E-state index in [1.165, 1.54) is 4.31 Å². The van der Waals surface area contributed by atoms with Crippen molar-refractivity contribution in [1.82, 2.24) is 4.31 Å². The summed E-state index contributed by atoms with van der Waals surface area (Å²) in [6, 6.07) is 4.84. The highest BCUT2D eigenvalue weighted by Crippen LogP contribution is 2.27. The molecule has 1 aromatic rings. The second-order valence-electron chi connectivity index (χ2n) is 5.27. The second kappa shape index (κ2) is 7.29. The normalized spacial score (nSPS) is 19.9. The molecule has 1 unspecified atom stereocenters. The van der Waals surface area contributed by atoms with Crippen LogP contribution in [0.4, 0.5) is 0 Å². The lowest BCUT2D eigenvalue weighted by atomic mass is 10.0. The molecule has 21 heavy (non-hydrogen) atoms. The molecule has 0 bridgehead atoms. The van der Waals surface area contributed by atoms with Crippen LogP contribution in [0.3, 0.4) is 0 Å². The average Bonchev–Trinajstić information content (AvgIpc) is 2.48. The Morgan fingerprint density at radius 2 is 2.19 bits per heavy atom. The van der Waals surface area contributed by atoms with Gasteiger partial charge in [0.05, 0.1) is 11.6 Å². The minimum absolute atomic E-state index is 0.113. The van der Waals surface area contributed by atoms with Crippen molar-refractivity contribution in [3.05, 3.63) is 28.8 Å². The van der Waals surface area contributed by atoms with Crippen molar-refractivity contribution in [3.8, 4) is 0 Å². The molecule has 1 aliphatic heterocycles. The van der Waals surface area contributed by atoms with Gasteiger partial charge in [-0.2, -0.15) is 0 Å². The molecule has 4 nitrogen and oxygen atoms in total. The van der Waals surface area contributed by atoms with Gasteiger partial charge in [0.15, 0.2) is 0 Å². The zero-order valence-electron chi connectivity index (χ0n) is 11.9. The maximum atomic E-state index is 12.7. The van der Waals surface area contributed by atoms with Crippen molar-refractivity contribution in [2.45, 2.75) is 23.6 Å². The maximum absolute atomic E-state index is 12.7. The van der Waals surface area contributed by atoms with E-state index in [0.717, 1.165) is 25.0 Å². The molecule has 1 atom stereocenters. The highest BCUT2D eigenvalue weighted by atomic mass is 35.5. The standard InChI is InChI=1S/C14H19Cl2NO3S/c1-17(9-12-3-2-6-20-10-12)21(18,19)14-7-11(8-15)4-5-13(14)16/h4-5,7,12H,2-3,6,8-10H2,1H3. The molecule has 0 N–H and O–H groups in total. The third-order valence-corrected chi connectivity index (χ3v) is 6.22. The number of benzene rings is 1. The fourth-order valence-corrected chi connectivity index (χ4v) is 4.34. The average molecular weight is 352 g/mol. The van der Waals surface area contributed by atoms with Crippen molar-refractivity contribution in [2.24, 2.45) is 5.92 Å². The van der Waals surface area contributed by atoms with Gasteiger partial charge in [0.1, 0.15) is 4.90 Å². The molecule has 1 aromatic carbocycles. The molecule has 1 fully saturated rings. The Labute approximate surface area is 136 Å². The number of ether oxygens (including phenoxy) is 1. The van der Waals surface area contributed by atoms with Gasteiger partial charge >= 0.3 is 0 Å². The minimum atomic E-state index is -3.61. The summed E-state index contributed by atoms with van der Waals surface area (Å²) in [6.07, 6.45) is 1.95. The number of hydrogen-bond donors (Lipinski definition) is 0. The number of halogens is 2. The predicted molar refractivity (Wildman–Crippen MR) is 84.4 cm³/mol. The van der Waals surface area contributed by atoms with E-state index in [1.807, 2.05) is 0 Å². The number of sulfonamides is 1. The monoisotopic (exact) mass is 351 g/mol. The SMILES string of the molecule is CN(CC1CCCOC1)S(=O)(=O)c1cc(CCl)ccc1Cl. The molecule has 2 rings (SSSR count). The number of hydrogen-bond acceptors (Lipinski definition) is 3. The van der Waals surface area contributed by atoms with Gasteiger partial charge in [-0.05, 0) is 36.5 Å². The van der Waals surface area contributed by atoms with Crippen molar-refractivity contribution < 1.29 is 13.2 Å². The largest absolute Gasteiger partial charge is 0.381 e. The molecule has 1 heterocycles. The quantitative estimate of drug-likeness (QED) is 0.765. The van der Waals surface area contributed by atoms with Gasteiger partial charge < -0.3 is 4.74 Å². The topological polar surface area (TPSA) is 46.6 Å². The van der Waals surface area contributed by atoms with Crippen LogP contribution >= 0.6 is 23.2 Å². The van der Waals surface area contributed by atoms with Crippen molar-refractivity contribution >= 4 is 33.2 Å². The van der Waals surface area contributed by atoms with Crippen molar-refractivity contribution in [3.63, 3.8) is 0 Å². The third kappa shape index (κ3) is 4.11. The van der Waals surface area contributed by atoms with Gasteiger partial charge in [-0.25, -0.2) is 12.7 Å². The smallest absolute Gasteiger partial charge is 0.244 e. The molecule has 7 heteroatoms. The maximum Gasteiger partial charge on any atom is 0.244 e. The van der Waals surface area contributed by atoms with Crippen molar-refractivity contribution in [2.75, 3.05) is 26.8 Å². The molecule has 0 amide bonds. The van der Waals surface area contributed by atoms with E-state index in [9.17, 15) is 8.42 Å². The van der Waals surface area contributed by atoms with Crippen LogP contribution in [0.15, 0.2) is 23.1 Å². The van der Waals surface area contributed by atoms with Gasteiger partial charge in [0.2, 0.25) is 10.0 Å². The molecule has 1 aliphatic rings. The van der Waals surface area contributed by atoms with E-state index in [2.05, 4.69) is 0 Å². The molecule has 0 radical (unpaired) electrons. The van der Waals surface area contributed by atoms with Crippen LogP contribution in [0.2, 0.25) is 5.02 Å². The van der Waals surface area contributed by atoms with Crippen molar-refractivity contribution in [1.29, 1.82) is 0 Å². The zero-order valence-corrected chi connectivity index (χ0v) is 14.2. The summed E-state index contributed by atoms with van der Waals surface area (Å²) in [5.41, 5.74) is 0.731. The van der Waals surface area contributed by atoms with E-state index in [0.29, 0.717) is 13.2 Å². The molecular formula is C14H19Cl2NO3S. The van der Waals surface area contributed by atoms with E-state index in [4.69, 9.17) is 27.9 Å². The number of alkyl halides is 1. The van der Waals surface area contributed by atoms with E-state index in [-0.39, 0.29) is 21.7 Å². The first-order chi connectivity index (χ1) is 9.95. The van der Waals surface area contributed by atoms with Gasteiger partial charge in [0.25, 0.3) is 0 Å². The summed E-state index contributed by atoms with van der Waals surface area (Å²) >= 11 is 11.8. The lowest BCUT2D eigenvalue weighted by molar-refractivity contribution is 0.0495. The van der Waals surface area contributed by atoms with Crippen LogP contribution in [0.25, 0.3) is 0 Å². The fraction of sp³-hybridized carbons (Fsp3) is 0.571. The summed E-state index contributed by atoms with van der Waals surface area (Å²) in [5.74, 6) is 0.480. The number of nitrogens with zero attached hydrogens (tertiary/aromatic N) is 1. The molecule has 0 saturated carbocycles. The van der Waals surface area contributed by atoms with Crippen LogP contribution in [-0.2, 0) is 20.6 Å². The molecule has 0 aromatic heterocycles. The Morgan fingerprint density at radius 1 is 1.43 bits per heavy atom. The minimum Gasteiger partial charge on any atom is -0.381 e. The highest BCUT2D eigenvalue weighted by Gasteiger charge is 2.27. The fourth-order valence-electron chi connectivity index (χ4n) is 2.41. The van der Waals surface area contributed by atoms with Gasteiger partial charge in [-0.3, -0.25) is 0 Å². The first-order valence-corrected chi connectivity index (χ1v) is 9.19. The molecular weight excluding hydrogens is 333 g/mol. The van der Waals surface area contributed by atoms with E-state index >= 15 is 0 Å². The van der Waals surface area contributed by atoms with Crippen LogP contribution in [0, 0.1) is 5.92 Å². The summed E-state index contributed by atoms with van der Waals surface area (Å²) in [7, 11) is -2.04. The number of rotatable bonds is 5. The summed E-state index contributed by atoms with van der Waals surface area (Å²) in [6.45, 7) is 1.80. The summed E-state index contributed by atoms with van der Waals surface area (Å²) < 4.78 is 32.1. The van der Waals surface area contributed by atoms with Gasteiger partial charge in [0, 0.05) is 26.1 Å². The zero-order chi connectivity index (χ0) is 15.5. The first-order valence-electron chi connectivity index (χ1n) is 6.83. The Hall–Kier alpha value is -0.330. The summed E-state index contributed by atoms with van der Waals surface area (Å²) in [5, 5.41) is 0.218. The van der Waals surface area contributed by atoms with E-state index < -0.39 is 10.0 Å². The Morgan fingerprint density at radius 3 is 2.81 bits per heavy atom. The Balaban J connectivity index is 2.20. The lowest BCUT2D eigenvalue weighted by Crippen LogP contribution is -2.35. The predicted octanol–water partition coefficient (Wildman–Crippen LogP) is 3.13.